The normalized spacial score (nSPS) is 21.4. The molecule has 2 aromatic rings. The van der Waals surface area contributed by atoms with Crippen LogP contribution in [0.5, 0.6) is 0 Å². The molecule has 0 bridgehead atoms. The van der Waals surface area contributed by atoms with Gasteiger partial charge in [0.2, 0.25) is 11.8 Å². The number of nitrogens with one attached hydrogen (secondary N) is 2. The summed E-state index contributed by atoms with van der Waals surface area (Å²) in [5.41, 5.74) is 6.24. The van der Waals surface area contributed by atoms with E-state index in [1.807, 2.05) is 68.4 Å². The van der Waals surface area contributed by atoms with Crippen molar-refractivity contribution < 1.29 is 53.0 Å². The summed E-state index contributed by atoms with van der Waals surface area (Å²) < 4.78 is 5.16. The number of hydrogen-bond acceptors (Lipinski definition) is 22. The van der Waals surface area contributed by atoms with Crippen LogP contribution in [-0.4, -0.2) is 401 Å². The van der Waals surface area contributed by atoms with Gasteiger partial charge in [0, 0.05) is 223 Å². The molecule has 12 aliphatic rings. The smallest absolute Gasteiger partial charge is 0.329 e. The molecule has 11 heterocycles. The first-order valence-electron chi connectivity index (χ1n) is 57.7. The van der Waals surface area contributed by atoms with Crippen LogP contribution in [0.2, 0.25) is 0 Å². The minimum atomic E-state index is -0.673. The van der Waals surface area contributed by atoms with Crippen molar-refractivity contribution in [3.63, 3.8) is 0 Å². The van der Waals surface area contributed by atoms with Crippen LogP contribution < -0.4 is 10.2 Å². The lowest BCUT2D eigenvalue weighted by atomic mass is 9.76. The van der Waals surface area contributed by atoms with Gasteiger partial charge in [-0.3, -0.25) is 73.3 Å². The SMILES string of the molecule is CC(=N)N1CCN(C(C)C)CC1.CC(=O)C1CCN(C(C)C)CC1.CC(=O)C1CCN(C(C)C)CC1.CC(=O)CN1CCC(C(C)C)CC1.CC(=O)CN1CCN(C(C)C)CC1.CC(=O)N1CCC(C(C)C)CC1.CC(=O)N1CCN(C(C)C)CC1.CC(C)N1CCC2(CC1)Cc1ccccc1C2.CC(C)N1C[C@H](C)CC1C(=O)O.CC(C)NC(=O)N1CCN(C(C)C)CC1.CCOC(=O)C1Cc2ccccc2N1C(C)C. The lowest BCUT2D eigenvalue weighted by molar-refractivity contribution is -0.145. The van der Waals surface area contributed by atoms with Crippen molar-refractivity contribution in [3.05, 3.63) is 65.2 Å². The number of hydrogen-bond donors (Lipinski definition) is 3. The molecular weight excluding hydrogens is 1840 g/mol. The zero-order valence-corrected chi connectivity index (χ0v) is 99.4. The van der Waals surface area contributed by atoms with Crippen molar-refractivity contribution in [1.29, 1.82) is 5.41 Å². The van der Waals surface area contributed by atoms with Crippen LogP contribution in [0.3, 0.4) is 0 Å². The van der Waals surface area contributed by atoms with E-state index >= 15 is 0 Å². The summed E-state index contributed by atoms with van der Waals surface area (Å²) in [5.74, 6) is 6.19. The van der Waals surface area contributed by atoms with Gasteiger partial charge in [-0.1, -0.05) is 77.1 Å². The van der Waals surface area contributed by atoms with Gasteiger partial charge in [0.15, 0.2) is 0 Å². The minimum Gasteiger partial charge on any atom is -0.480 e. The molecule has 10 saturated heterocycles. The van der Waals surface area contributed by atoms with Crippen molar-refractivity contribution >= 4 is 64.4 Å². The van der Waals surface area contributed by atoms with E-state index in [2.05, 4.69) is 246 Å². The Morgan fingerprint density at radius 1 is 0.388 bits per heavy atom. The molecular formula is C119H217N17O11. The van der Waals surface area contributed by atoms with Crippen LogP contribution in [0.4, 0.5) is 10.5 Å². The highest BCUT2D eigenvalue weighted by molar-refractivity contribution is 5.84. The Balaban J connectivity index is 0.000000338. The van der Waals surface area contributed by atoms with Crippen LogP contribution >= 0.6 is 0 Å². The highest BCUT2D eigenvalue weighted by atomic mass is 16.5. The quantitative estimate of drug-likeness (QED) is 0.0595. The molecule has 844 valence electrons. The number of ether oxygens (including phenoxy) is 1. The molecule has 2 aromatic carbocycles. The van der Waals surface area contributed by atoms with E-state index < -0.39 is 5.97 Å². The molecule has 4 amide bonds. The molecule has 1 aliphatic carbocycles. The number of aliphatic carboxylic acids is 1. The molecule has 0 aromatic heterocycles. The predicted octanol–water partition coefficient (Wildman–Crippen LogP) is 17.4. The second kappa shape index (κ2) is 68.3. The topological polar surface area (TPSA) is 268 Å². The first-order chi connectivity index (χ1) is 69.1. The number of ketones is 4. The number of fused-ring (bicyclic) bond motifs is 2. The fraction of sp³-hybridized carbons (Fsp3) is 0.815. The summed E-state index contributed by atoms with van der Waals surface area (Å²) in [6, 6.07) is 22.3. The van der Waals surface area contributed by atoms with Crippen LogP contribution in [0, 0.1) is 52.2 Å². The molecule has 10 fully saturated rings. The standard InChI is InChI=1S/C16H23N.C14H19NO2.C11H23N3O.C11H21NO.C10H20N2O.3C10H19NO.C9H19N3.C9H18N2O.C9H17NO2/c1-13(2)17-9-7-16(8-10-17)11-14-5-3-4-6-15(14)12-16;1-4-17-14(16)13-9-11-7-5-6-8-12(11)15(13)10(2)3;1-9(2)12-11(15)14-7-5-13(6-8-14)10(3)4;1-9(2)11-4-6-12(7-5-11)8-10(3)13;1-9(2)12-6-4-11(5-7-12)8-10(3)13;2*1-8(2)11-6-4-10(5-7-11)9(3)12;1-8(2)10-4-6-11(7-5-10)9(3)12;1-8(2)11-4-6-12(7-5-11)9(3)10;1-8(2)10-4-6-11(7-5-10)9(3)12;1-6(2)10-5-7(3)4-8(10)9(11)12/h3-6,13H,7-12H2,1-2H3;5-8,10,13H,4,9H2,1-3H3;9-10H,5-8H2,1-4H3,(H,12,15);9,11H,4-8H2,1-3H3;9H,4-8H2,1-3H3;4*8,10H,4-7H2,1-3H3;8H,4-7H2,1-3H3;6-8H,4-5H2,1-3H3,(H,11,12)/t;;;;;;;;;;7-,8?/m..........1/s1. The number of para-hydroxylation sites is 1. The molecule has 147 heavy (non-hydrogen) atoms. The van der Waals surface area contributed by atoms with E-state index in [4.69, 9.17) is 15.3 Å². The summed E-state index contributed by atoms with van der Waals surface area (Å²) in [6.45, 7) is 98.4. The number of carbonyl (C=O) groups excluding carboxylic acids is 8. The Morgan fingerprint density at radius 2 is 0.721 bits per heavy atom. The third-order valence-corrected chi connectivity index (χ3v) is 32.4. The number of carboxylic acid groups (broad SMARTS) is 1. The van der Waals surface area contributed by atoms with Crippen LogP contribution in [0.1, 0.15) is 316 Å². The number of likely N-dealkylation sites (tertiary alicyclic amines) is 6. The van der Waals surface area contributed by atoms with Gasteiger partial charge in [-0.25, -0.2) is 9.59 Å². The maximum absolute atomic E-state index is 12.0. The lowest BCUT2D eigenvalue weighted by Crippen LogP contribution is -2.54. The van der Waals surface area contributed by atoms with Gasteiger partial charge in [-0.15, -0.1) is 0 Å². The van der Waals surface area contributed by atoms with Crippen molar-refractivity contribution in [2.75, 3.05) is 201 Å². The highest BCUT2D eigenvalue weighted by Gasteiger charge is 2.42. The third kappa shape index (κ3) is 48.6. The summed E-state index contributed by atoms with van der Waals surface area (Å²) >= 11 is 0. The number of rotatable bonds is 21. The molecule has 28 heteroatoms. The van der Waals surface area contributed by atoms with E-state index in [0.717, 1.165) is 232 Å². The van der Waals surface area contributed by atoms with Gasteiger partial charge >= 0.3 is 18.0 Å². The number of carboxylic acids is 1. The van der Waals surface area contributed by atoms with E-state index in [0.29, 0.717) is 114 Å². The fourth-order valence-electron chi connectivity index (χ4n) is 22.3. The molecule has 3 atom stereocenters. The Kier molecular flexibility index (Phi) is 61.5. The van der Waals surface area contributed by atoms with Gasteiger partial charge in [0.05, 0.1) is 25.5 Å². The number of amidine groups is 1. The predicted molar refractivity (Wildman–Crippen MR) is 609 cm³/mol. The number of esters is 1. The number of amides is 4. The largest absolute Gasteiger partial charge is 0.480 e. The summed E-state index contributed by atoms with van der Waals surface area (Å²) in [5, 5.41) is 19.3. The monoisotopic (exact) mass is 2060 g/mol. The zero-order chi connectivity index (χ0) is 110. The molecule has 0 saturated carbocycles. The van der Waals surface area contributed by atoms with Crippen LogP contribution in [0.25, 0.3) is 0 Å². The minimum absolute atomic E-state index is 0.0772. The molecule has 11 aliphatic heterocycles. The number of nitrogens with zero attached hydrogens (tertiary/aromatic N) is 15. The van der Waals surface area contributed by atoms with E-state index in [9.17, 15) is 43.2 Å². The number of piperazine rings is 4. The Labute approximate surface area is 896 Å². The van der Waals surface area contributed by atoms with Crippen molar-refractivity contribution in [1.82, 2.24) is 73.9 Å². The average Bonchev–Trinajstić information content (AvgIpc) is 1.64. The number of anilines is 1. The molecule has 3 N–H and O–H groups in total. The number of piperidine rings is 5. The first-order valence-corrected chi connectivity index (χ1v) is 57.7. The molecule has 2 unspecified atom stereocenters. The Morgan fingerprint density at radius 3 is 1.04 bits per heavy atom. The van der Waals surface area contributed by atoms with Gasteiger partial charge in [-0.2, -0.15) is 0 Å². The van der Waals surface area contributed by atoms with Crippen molar-refractivity contribution in [2.24, 2.45) is 46.8 Å². The van der Waals surface area contributed by atoms with E-state index in [1.54, 1.807) is 52.7 Å². The average molecular weight is 2060 g/mol. The number of urea groups is 1. The van der Waals surface area contributed by atoms with E-state index in [1.165, 1.54) is 75.7 Å². The molecule has 14 rings (SSSR count). The molecule has 28 nitrogen and oxygen atoms in total. The van der Waals surface area contributed by atoms with E-state index in [-0.39, 0.29) is 47.7 Å². The van der Waals surface area contributed by atoms with Crippen LogP contribution in [-0.2, 0) is 62.4 Å². The fourth-order valence-corrected chi connectivity index (χ4v) is 22.3. The number of Topliss-reactive ketones (excluding diaryl/α,β-unsaturated/α-hetero) is 4. The van der Waals surface area contributed by atoms with Gasteiger partial charge in [0.1, 0.15) is 35.2 Å². The van der Waals surface area contributed by atoms with Gasteiger partial charge < -0.3 is 54.4 Å². The van der Waals surface area contributed by atoms with Crippen LogP contribution in [0.15, 0.2) is 48.5 Å². The second-order valence-electron chi connectivity index (χ2n) is 47.7. The third-order valence-electron chi connectivity index (χ3n) is 32.4. The number of benzene rings is 2. The first kappa shape index (κ1) is 132. The Bertz CT molecular complexity index is 3800. The Hall–Kier alpha value is -6.86. The maximum Gasteiger partial charge on any atom is 0.329 e. The highest BCUT2D eigenvalue weighted by Crippen LogP contribution is 2.45. The van der Waals surface area contributed by atoms with Crippen molar-refractivity contribution in [3.8, 4) is 0 Å². The molecule has 0 radical (unpaired) electrons. The maximum atomic E-state index is 12.0. The number of carbonyl (C=O) groups is 9. The lowest BCUT2D eigenvalue weighted by Gasteiger charge is -2.41. The summed E-state index contributed by atoms with van der Waals surface area (Å²) in [7, 11) is 0. The second-order valence-corrected chi connectivity index (χ2v) is 47.7. The van der Waals surface area contributed by atoms with Gasteiger partial charge in [-0.05, 0) is 374 Å². The molecule has 1 spiro atoms. The summed E-state index contributed by atoms with van der Waals surface area (Å²) in [4.78, 5) is 134. The van der Waals surface area contributed by atoms with Gasteiger partial charge in [0.25, 0.3) is 0 Å². The zero-order valence-electron chi connectivity index (χ0n) is 99.4. The van der Waals surface area contributed by atoms with Crippen molar-refractivity contribution in [2.45, 2.75) is 391 Å². The summed E-state index contributed by atoms with van der Waals surface area (Å²) in [6.07, 6.45) is 16.2.